The number of carbonyl (C=O) groups is 1. The first-order valence-corrected chi connectivity index (χ1v) is 10.6. The molecule has 1 N–H and O–H groups in total. The second-order valence-corrected chi connectivity index (χ2v) is 7.82. The Morgan fingerprint density at radius 3 is 2.70 bits per heavy atom. The lowest BCUT2D eigenvalue weighted by atomic mass is 10.2. The lowest BCUT2D eigenvalue weighted by Crippen LogP contribution is -2.19. The lowest BCUT2D eigenvalue weighted by Gasteiger charge is -2.13. The van der Waals surface area contributed by atoms with E-state index < -0.39 is 0 Å². The molecular formula is C22H19BrN2O4S. The highest BCUT2D eigenvalue weighted by Gasteiger charge is 2.24. The third kappa shape index (κ3) is 5.38. The summed E-state index contributed by atoms with van der Waals surface area (Å²) in [5.41, 5.74) is 1.50. The number of hydrogen-bond donors (Lipinski definition) is 1. The highest BCUT2D eigenvalue weighted by Crippen LogP contribution is 2.38. The molecule has 1 aliphatic heterocycles. The van der Waals surface area contributed by atoms with Crippen molar-refractivity contribution in [3.63, 3.8) is 0 Å². The number of ether oxygens (including phenoxy) is 3. The lowest BCUT2D eigenvalue weighted by molar-refractivity contribution is -0.115. The van der Waals surface area contributed by atoms with Crippen LogP contribution in [0.1, 0.15) is 12.5 Å². The van der Waals surface area contributed by atoms with E-state index >= 15 is 0 Å². The normalized spacial score (nSPS) is 15.7. The van der Waals surface area contributed by atoms with Gasteiger partial charge in [0.05, 0.1) is 28.8 Å². The molecule has 30 heavy (non-hydrogen) atoms. The van der Waals surface area contributed by atoms with E-state index in [9.17, 15) is 4.79 Å². The fraction of sp³-hybridized carbons (Fsp3) is 0.182. The number of rotatable bonds is 7. The van der Waals surface area contributed by atoms with Gasteiger partial charge in [0.2, 0.25) is 0 Å². The maximum atomic E-state index is 12.4. The van der Waals surface area contributed by atoms with E-state index in [1.54, 1.807) is 19.3 Å². The highest BCUT2D eigenvalue weighted by molar-refractivity contribution is 9.10. The molecule has 1 heterocycles. The van der Waals surface area contributed by atoms with Gasteiger partial charge in [0.25, 0.3) is 5.91 Å². The van der Waals surface area contributed by atoms with Crippen molar-refractivity contribution in [2.75, 3.05) is 20.3 Å². The number of benzene rings is 2. The predicted molar refractivity (Wildman–Crippen MR) is 123 cm³/mol. The van der Waals surface area contributed by atoms with Gasteiger partial charge in [0.1, 0.15) is 12.4 Å². The SMILES string of the molecule is C#CCOc1c(Br)cc(/C=C2/SC(=Nc3ccc(OC)cc3)NC2=O)cc1OCC. The van der Waals surface area contributed by atoms with Crippen LogP contribution >= 0.6 is 27.7 Å². The van der Waals surface area contributed by atoms with Crippen molar-refractivity contribution in [1.29, 1.82) is 0 Å². The number of amidine groups is 1. The number of carbonyl (C=O) groups excluding carboxylic acids is 1. The van der Waals surface area contributed by atoms with Crippen molar-refractivity contribution in [2.45, 2.75) is 6.92 Å². The second-order valence-electron chi connectivity index (χ2n) is 5.94. The van der Waals surface area contributed by atoms with Gasteiger partial charge in [-0.1, -0.05) is 5.92 Å². The molecule has 1 saturated heterocycles. The van der Waals surface area contributed by atoms with Gasteiger partial charge < -0.3 is 19.5 Å². The topological polar surface area (TPSA) is 69.2 Å². The van der Waals surface area contributed by atoms with E-state index in [-0.39, 0.29) is 12.5 Å². The van der Waals surface area contributed by atoms with E-state index in [4.69, 9.17) is 20.6 Å². The minimum atomic E-state index is -0.214. The van der Waals surface area contributed by atoms with E-state index in [0.29, 0.717) is 32.7 Å². The zero-order valence-corrected chi connectivity index (χ0v) is 18.8. The Morgan fingerprint density at radius 1 is 1.27 bits per heavy atom. The summed E-state index contributed by atoms with van der Waals surface area (Å²) >= 11 is 4.75. The molecule has 0 radical (unpaired) electrons. The molecule has 1 aliphatic rings. The molecule has 0 unspecified atom stereocenters. The predicted octanol–water partition coefficient (Wildman–Crippen LogP) is 4.76. The molecular weight excluding hydrogens is 468 g/mol. The van der Waals surface area contributed by atoms with Crippen LogP contribution in [-0.2, 0) is 4.79 Å². The fourth-order valence-corrected chi connectivity index (χ4v) is 4.01. The number of halogens is 1. The van der Waals surface area contributed by atoms with Crippen LogP contribution < -0.4 is 19.5 Å². The van der Waals surface area contributed by atoms with Gasteiger partial charge in [-0.3, -0.25) is 4.79 Å². The summed E-state index contributed by atoms with van der Waals surface area (Å²) in [7, 11) is 1.61. The molecule has 8 heteroatoms. The van der Waals surface area contributed by atoms with Crippen LogP contribution in [0.3, 0.4) is 0 Å². The van der Waals surface area contributed by atoms with Gasteiger partial charge in [-0.25, -0.2) is 4.99 Å². The molecule has 0 aromatic heterocycles. The molecule has 1 amide bonds. The molecule has 0 spiro atoms. The minimum absolute atomic E-state index is 0.128. The Morgan fingerprint density at radius 2 is 2.03 bits per heavy atom. The van der Waals surface area contributed by atoms with Gasteiger partial charge in [0, 0.05) is 0 Å². The largest absolute Gasteiger partial charge is 0.497 e. The molecule has 0 bridgehead atoms. The van der Waals surface area contributed by atoms with E-state index in [2.05, 4.69) is 32.2 Å². The van der Waals surface area contributed by atoms with Gasteiger partial charge in [-0.05, 0) is 82.7 Å². The number of nitrogens with one attached hydrogen (secondary N) is 1. The molecule has 0 saturated carbocycles. The number of thioether (sulfide) groups is 1. The van der Waals surface area contributed by atoms with Crippen molar-refractivity contribution in [3.05, 3.63) is 51.3 Å². The number of nitrogens with zero attached hydrogens (tertiary/aromatic N) is 1. The first-order valence-electron chi connectivity index (χ1n) is 9.00. The summed E-state index contributed by atoms with van der Waals surface area (Å²) in [5.74, 6) is 4.04. The van der Waals surface area contributed by atoms with Crippen LogP contribution in [0.25, 0.3) is 6.08 Å². The van der Waals surface area contributed by atoms with Crippen LogP contribution in [0.5, 0.6) is 17.2 Å². The van der Waals surface area contributed by atoms with E-state index in [1.807, 2.05) is 37.3 Å². The molecule has 154 valence electrons. The monoisotopic (exact) mass is 486 g/mol. The van der Waals surface area contributed by atoms with Crippen molar-refractivity contribution in [1.82, 2.24) is 5.32 Å². The van der Waals surface area contributed by atoms with Gasteiger partial charge in [-0.2, -0.15) is 0 Å². The zero-order valence-electron chi connectivity index (χ0n) is 16.4. The Labute approximate surface area is 187 Å². The molecule has 2 aromatic carbocycles. The zero-order chi connectivity index (χ0) is 21.5. The third-order valence-corrected chi connectivity index (χ3v) is 5.38. The number of methoxy groups -OCH3 is 1. The van der Waals surface area contributed by atoms with Crippen molar-refractivity contribution in [2.24, 2.45) is 4.99 Å². The van der Waals surface area contributed by atoms with Gasteiger partial charge >= 0.3 is 0 Å². The third-order valence-electron chi connectivity index (χ3n) is 3.88. The van der Waals surface area contributed by atoms with Crippen molar-refractivity contribution < 1.29 is 19.0 Å². The maximum Gasteiger partial charge on any atom is 0.264 e. The molecule has 6 nitrogen and oxygen atoms in total. The summed E-state index contributed by atoms with van der Waals surface area (Å²) < 4.78 is 17.1. The summed E-state index contributed by atoms with van der Waals surface area (Å²) in [4.78, 5) is 17.4. The molecule has 0 atom stereocenters. The van der Waals surface area contributed by atoms with Crippen LogP contribution in [0, 0.1) is 12.3 Å². The smallest absolute Gasteiger partial charge is 0.264 e. The summed E-state index contributed by atoms with van der Waals surface area (Å²) in [6.07, 6.45) is 7.05. The van der Waals surface area contributed by atoms with Crippen LogP contribution in [0.4, 0.5) is 5.69 Å². The molecule has 1 fully saturated rings. The quantitative estimate of drug-likeness (QED) is 0.451. The molecule has 0 aliphatic carbocycles. The van der Waals surface area contributed by atoms with Crippen LogP contribution in [0.2, 0.25) is 0 Å². The van der Waals surface area contributed by atoms with Crippen molar-refractivity contribution >= 4 is 50.5 Å². The molecule has 3 rings (SSSR count). The van der Waals surface area contributed by atoms with Crippen LogP contribution in [-0.4, -0.2) is 31.4 Å². The average Bonchev–Trinajstić information content (AvgIpc) is 3.07. The van der Waals surface area contributed by atoms with Gasteiger partial charge in [-0.15, -0.1) is 6.42 Å². The van der Waals surface area contributed by atoms with Gasteiger partial charge in [0.15, 0.2) is 16.7 Å². The maximum absolute atomic E-state index is 12.4. The first kappa shape index (κ1) is 21.8. The first-order chi connectivity index (χ1) is 14.5. The Bertz CT molecular complexity index is 1040. The average molecular weight is 487 g/mol. The standard InChI is InChI=1S/C22H19BrN2O4S/c1-4-10-29-20-17(23)11-14(12-18(20)28-5-2)13-19-21(26)25-22(30-19)24-15-6-8-16(27-3)9-7-15/h1,6-9,11-13H,5,10H2,2-3H3,(H,24,25,26)/b19-13+. The number of aliphatic imine (C=N–C) groups is 1. The summed E-state index contributed by atoms with van der Waals surface area (Å²) in [6.45, 7) is 2.47. The van der Waals surface area contributed by atoms with Crippen LogP contribution in [0.15, 0.2) is 50.8 Å². The Hall–Kier alpha value is -2.89. The van der Waals surface area contributed by atoms with E-state index in [1.165, 1.54) is 11.8 Å². The molecule has 2 aromatic rings. The summed E-state index contributed by atoms with van der Waals surface area (Å²) in [5, 5.41) is 3.29. The minimum Gasteiger partial charge on any atom is -0.497 e. The Kier molecular flexibility index (Phi) is 7.44. The second kappa shape index (κ2) is 10.2. The number of amides is 1. The van der Waals surface area contributed by atoms with E-state index in [0.717, 1.165) is 17.0 Å². The highest BCUT2D eigenvalue weighted by atomic mass is 79.9. The summed E-state index contributed by atoms with van der Waals surface area (Å²) in [6, 6.07) is 10.9. The fourth-order valence-electron chi connectivity index (χ4n) is 2.59. The number of terminal acetylenes is 1. The van der Waals surface area contributed by atoms with Crippen molar-refractivity contribution in [3.8, 4) is 29.6 Å². The number of hydrogen-bond acceptors (Lipinski definition) is 6. The Balaban J connectivity index is 1.84.